The molecule has 2 N–H and O–H groups in total. The van der Waals surface area contributed by atoms with E-state index in [2.05, 4.69) is 15.8 Å². The van der Waals surface area contributed by atoms with Gasteiger partial charge in [0.05, 0.1) is 22.7 Å². The Morgan fingerprint density at radius 2 is 1.74 bits per heavy atom. The third kappa shape index (κ3) is 5.29. The van der Waals surface area contributed by atoms with Gasteiger partial charge < -0.3 is 24.6 Å². The molecule has 0 fully saturated rings. The molecule has 0 saturated heterocycles. The number of aromatic nitrogens is 1. The van der Waals surface area contributed by atoms with E-state index in [0.717, 1.165) is 11.3 Å². The van der Waals surface area contributed by atoms with E-state index in [-0.39, 0.29) is 33.5 Å². The maximum absolute atomic E-state index is 12.4. The standard InChI is InChI=1S/C20H25N3O7S/c1-7-28-19(26)13-10(4)16(17(25)21-6)31-18(13)22-12(24)8-29-20(27)14-11(5)23-30-15(14)9(2)3/h9H,7-8H2,1-6H3,(H,21,25)(H,22,24). The number of carbonyl (C=O) groups excluding carboxylic acids is 4. The molecule has 2 heterocycles. The van der Waals surface area contributed by atoms with E-state index in [1.165, 1.54) is 7.05 Å². The van der Waals surface area contributed by atoms with Gasteiger partial charge >= 0.3 is 11.9 Å². The Kier molecular flexibility index (Phi) is 7.92. The highest BCUT2D eigenvalue weighted by Crippen LogP contribution is 2.33. The van der Waals surface area contributed by atoms with Gasteiger partial charge in [0, 0.05) is 13.0 Å². The third-order valence-corrected chi connectivity index (χ3v) is 5.47. The molecule has 0 spiro atoms. The minimum absolute atomic E-state index is 0.0853. The zero-order valence-electron chi connectivity index (χ0n) is 18.2. The van der Waals surface area contributed by atoms with Crippen molar-refractivity contribution >= 4 is 40.1 Å². The summed E-state index contributed by atoms with van der Waals surface area (Å²) >= 11 is 0.932. The first-order chi connectivity index (χ1) is 14.6. The fraction of sp³-hybridized carbons (Fsp3) is 0.450. The topological polar surface area (TPSA) is 137 Å². The second-order valence-electron chi connectivity index (χ2n) is 6.85. The molecule has 0 bridgehead atoms. The zero-order valence-corrected chi connectivity index (χ0v) is 19.0. The predicted molar refractivity (Wildman–Crippen MR) is 113 cm³/mol. The van der Waals surface area contributed by atoms with Crippen molar-refractivity contribution < 1.29 is 33.2 Å². The summed E-state index contributed by atoms with van der Waals surface area (Å²) < 4.78 is 15.3. The molecule has 2 aromatic heterocycles. The number of hydrogen-bond acceptors (Lipinski definition) is 9. The number of ether oxygens (including phenoxy) is 2. The van der Waals surface area contributed by atoms with Crippen molar-refractivity contribution in [3.8, 4) is 0 Å². The molecule has 2 rings (SSSR count). The summed E-state index contributed by atoms with van der Waals surface area (Å²) in [6.07, 6.45) is 0. The van der Waals surface area contributed by atoms with Crippen LogP contribution in [0.1, 0.15) is 74.1 Å². The van der Waals surface area contributed by atoms with E-state index in [1.54, 1.807) is 20.8 Å². The van der Waals surface area contributed by atoms with Crippen molar-refractivity contribution in [1.29, 1.82) is 0 Å². The van der Waals surface area contributed by atoms with Gasteiger partial charge in [0.15, 0.2) is 12.4 Å². The maximum Gasteiger partial charge on any atom is 0.344 e. The van der Waals surface area contributed by atoms with Crippen molar-refractivity contribution in [2.75, 3.05) is 25.6 Å². The van der Waals surface area contributed by atoms with Crippen LogP contribution in [0.15, 0.2) is 4.52 Å². The van der Waals surface area contributed by atoms with Gasteiger partial charge in [-0.2, -0.15) is 0 Å². The highest BCUT2D eigenvalue weighted by molar-refractivity contribution is 7.18. The number of anilines is 1. The fourth-order valence-corrected chi connectivity index (χ4v) is 3.93. The first-order valence-corrected chi connectivity index (χ1v) is 10.4. The first kappa shape index (κ1) is 24.1. The van der Waals surface area contributed by atoms with E-state index in [9.17, 15) is 19.2 Å². The van der Waals surface area contributed by atoms with Crippen LogP contribution in [-0.4, -0.2) is 49.2 Å². The van der Waals surface area contributed by atoms with Crippen LogP contribution >= 0.6 is 11.3 Å². The molecule has 0 aliphatic heterocycles. The van der Waals surface area contributed by atoms with E-state index in [0.29, 0.717) is 17.0 Å². The van der Waals surface area contributed by atoms with Gasteiger partial charge in [0.1, 0.15) is 10.6 Å². The van der Waals surface area contributed by atoms with Crippen molar-refractivity contribution in [2.45, 2.75) is 40.5 Å². The van der Waals surface area contributed by atoms with Crippen molar-refractivity contribution in [3.05, 3.63) is 33.0 Å². The number of aryl methyl sites for hydroxylation is 1. The second-order valence-corrected chi connectivity index (χ2v) is 7.87. The molecule has 0 radical (unpaired) electrons. The molecule has 0 unspecified atom stereocenters. The monoisotopic (exact) mass is 451 g/mol. The Morgan fingerprint density at radius 3 is 2.32 bits per heavy atom. The molecule has 2 aromatic rings. The second kappa shape index (κ2) is 10.2. The van der Waals surface area contributed by atoms with Gasteiger partial charge in [0.2, 0.25) is 0 Å². The van der Waals surface area contributed by atoms with Crippen LogP contribution in [0.25, 0.3) is 0 Å². The molecule has 31 heavy (non-hydrogen) atoms. The number of nitrogens with one attached hydrogen (secondary N) is 2. The molecule has 10 nitrogen and oxygen atoms in total. The predicted octanol–water partition coefficient (Wildman–Crippen LogP) is 2.81. The quantitative estimate of drug-likeness (QED) is 0.585. The number of carbonyl (C=O) groups is 4. The number of rotatable bonds is 8. The maximum atomic E-state index is 12.4. The largest absolute Gasteiger partial charge is 0.462 e. The fourth-order valence-electron chi connectivity index (χ4n) is 2.78. The summed E-state index contributed by atoms with van der Waals surface area (Å²) in [7, 11) is 1.46. The number of thiophene rings is 1. The minimum atomic E-state index is -0.739. The summed E-state index contributed by atoms with van der Waals surface area (Å²) in [6, 6.07) is 0. The van der Waals surface area contributed by atoms with E-state index < -0.39 is 30.4 Å². The van der Waals surface area contributed by atoms with Gasteiger partial charge in [-0.1, -0.05) is 19.0 Å². The Morgan fingerprint density at radius 1 is 1.10 bits per heavy atom. The van der Waals surface area contributed by atoms with Crippen LogP contribution < -0.4 is 10.6 Å². The smallest absolute Gasteiger partial charge is 0.344 e. The van der Waals surface area contributed by atoms with Gasteiger partial charge in [-0.15, -0.1) is 11.3 Å². The molecular weight excluding hydrogens is 426 g/mol. The molecule has 0 saturated carbocycles. The molecule has 0 aromatic carbocycles. The van der Waals surface area contributed by atoms with E-state index >= 15 is 0 Å². The minimum Gasteiger partial charge on any atom is -0.462 e. The third-order valence-electron chi connectivity index (χ3n) is 4.26. The Bertz CT molecular complexity index is 1010. The summed E-state index contributed by atoms with van der Waals surface area (Å²) in [6.45, 7) is 8.04. The van der Waals surface area contributed by atoms with Crippen LogP contribution in [0.4, 0.5) is 5.00 Å². The lowest BCUT2D eigenvalue weighted by Crippen LogP contribution is -2.22. The molecule has 0 aliphatic rings. The molecule has 0 atom stereocenters. The van der Waals surface area contributed by atoms with Crippen LogP contribution in [0.3, 0.4) is 0 Å². The van der Waals surface area contributed by atoms with E-state index in [1.807, 2.05) is 13.8 Å². The van der Waals surface area contributed by atoms with Gasteiger partial charge in [-0.25, -0.2) is 9.59 Å². The van der Waals surface area contributed by atoms with Gasteiger partial charge in [-0.05, 0) is 26.3 Å². The first-order valence-electron chi connectivity index (χ1n) is 9.57. The summed E-state index contributed by atoms with van der Waals surface area (Å²) in [5.41, 5.74) is 1.02. The molecular formula is C20H25N3O7S. The average molecular weight is 452 g/mol. The lowest BCUT2D eigenvalue weighted by atomic mass is 10.1. The Hall–Kier alpha value is -3.21. The summed E-state index contributed by atoms with van der Waals surface area (Å²) in [5, 5.41) is 8.92. The van der Waals surface area contributed by atoms with Crippen molar-refractivity contribution in [1.82, 2.24) is 10.5 Å². The lowest BCUT2D eigenvalue weighted by Gasteiger charge is -2.08. The molecule has 2 amide bonds. The summed E-state index contributed by atoms with van der Waals surface area (Å²) in [4.78, 5) is 49.5. The van der Waals surface area contributed by atoms with E-state index in [4.69, 9.17) is 14.0 Å². The van der Waals surface area contributed by atoms with Crippen LogP contribution in [0.5, 0.6) is 0 Å². The average Bonchev–Trinajstić information content (AvgIpc) is 3.25. The number of nitrogens with zero attached hydrogens (tertiary/aromatic N) is 1. The highest BCUT2D eigenvalue weighted by atomic mass is 32.1. The number of amides is 2. The van der Waals surface area contributed by atoms with Gasteiger partial charge in [0.25, 0.3) is 11.8 Å². The normalized spacial score (nSPS) is 10.7. The zero-order chi connectivity index (χ0) is 23.3. The van der Waals surface area contributed by atoms with Crippen LogP contribution in [0, 0.1) is 13.8 Å². The number of esters is 2. The summed E-state index contributed by atoms with van der Waals surface area (Å²) in [5.74, 6) is -2.21. The van der Waals surface area contributed by atoms with Crippen molar-refractivity contribution in [2.24, 2.45) is 0 Å². The highest BCUT2D eigenvalue weighted by Gasteiger charge is 2.27. The van der Waals surface area contributed by atoms with Crippen LogP contribution in [-0.2, 0) is 14.3 Å². The Balaban J connectivity index is 2.18. The van der Waals surface area contributed by atoms with Crippen molar-refractivity contribution in [3.63, 3.8) is 0 Å². The molecule has 11 heteroatoms. The number of hydrogen-bond donors (Lipinski definition) is 2. The molecule has 0 aliphatic carbocycles. The lowest BCUT2D eigenvalue weighted by molar-refractivity contribution is -0.119. The molecule has 168 valence electrons. The van der Waals surface area contributed by atoms with Crippen LogP contribution in [0.2, 0.25) is 0 Å². The van der Waals surface area contributed by atoms with Gasteiger partial charge in [-0.3, -0.25) is 9.59 Å². The SMILES string of the molecule is CCOC(=O)c1c(NC(=O)COC(=O)c2c(C)noc2C(C)C)sc(C(=O)NC)c1C. The Labute approximate surface area is 183 Å².